The van der Waals surface area contributed by atoms with Gasteiger partial charge in [0.1, 0.15) is 5.54 Å². The Morgan fingerprint density at radius 1 is 1.35 bits per heavy atom. The van der Waals surface area contributed by atoms with Crippen LogP contribution in [-0.4, -0.2) is 35.9 Å². The maximum Gasteiger partial charge on any atom is 0.325 e. The third-order valence-electron chi connectivity index (χ3n) is 3.94. The molecule has 0 amide bonds. The predicted octanol–water partition coefficient (Wildman–Crippen LogP) is 1.85. The van der Waals surface area contributed by atoms with Crippen LogP contribution in [0.2, 0.25) is 0 Å². The van der Waals surface area contributed by atoms with Crippen molar-refractivity contribution in [3.8, 4) is 0 Å². The molecule has 1 saturated heterocycles. The molecule has 1 heterocycles. The van der Waals surface area contributed by atoms with E-state index < -0.39 is 21.5 Å². The van der Waals surface area contributed by atoms with E-state index in [0.717, 1.165) is 0 Å². The fourth-order valence-electron chi connectivity index (χ4n) is 2.84. The number of rotatable bonds is 5. The van der Waals surface area contributed by atoms with E-state index in [1.54, 1.807) is 31.2 Å². The number of nitrogens with zero attached hydrogens (tertiary/aromatic N) is 1. The number of benzene rings is 1. The molecule has 2 rings (SSSR count). The van der Waals surface area contributed by atoms with Gasteiger partial charge >= 0.3 is 5.97 Å². The number of hydrogen-bond acceptors (Lipinski definition) is 3. The first kappa shape index (κ1) is 15.0. The minimum atomic E-state index is -3.63. The van der Waals surface area contributed by atoms with Gasteiger partial charge in [0.2, 0.25) is 10.0 Å². The Labute approximate surface area is 119 Å². The number of hydrogen-bond donors (Lipinski definition) is 1. The summed E-state index contributed by atoms with van der Waals surface area (Å²) >= 11 is 0. The summed E-state index contributed by atoms with van der Waals surface area (Å²) in [5.74, 6) is -1.20. The predicted molar refractivity (Wildman–Crippen MR) is 75.7 cm³/mol. The second-order valence-electron chi connectivity index (χ2n) is 5.11. The van der Waals surface area contributed by atoms with Crippen LogP contribution in [0, 0.1) is 0 Å². The Bertz CT molecular complexity index is 584. The minimum absolute atomic E-state index is 0.150. The molecular weight excluding hydrogens is 278 g/mol. The molecule has 0 aliphatic carbocycles. The van der Waals surface area contributed by atoms with Gasteiger partial charge in [0.15, 0.2) is 0 Å². The van der Waals surface area contributed by atoms with Gasteiger partial charge in [0.25, 0.3) is 0 Å². The largest absolute Gasteiger partial charge is 0.480 e. The van der Waals surface area contributed by atoms with Crippen molar-refractivity contribution in [3.63, 3.8) is 0 Å². The van der Waals surface area contributed by atoms with E-state index in [1.165, 1.54) is 4.31 Å². The Balaban J connectivity index is 2.31. The normalized spacial score (nSPS) is 23.9. The molecular formula is C14H19NO4S. The average Bonchev–Trinajstić information content (AvgIpc) is 2.85. The summed E-state index contributed by atoms with van der Waals surface area (Å²) in [5, 5.41) is 9.46. The molecule has 1 aliphatic rings. The fraction of sp³-hybridized carbons (Fsp3) is 0.500. The molecule has 6 heteroatoms. The van der Waals surface area contributed by atoms with Gasteiger partial charge in [-0.2, -0.15) is 4.31 Å². The molecule has 1 atom stereocenters. The summed E-state index contributed by atoms with van der Waals surface area (Å²) in [6.45, 7) is 2.01. The van der Waals surface area contributed by atoms with Gasteiger partial charge in [0.05, 0.1) is 5.75 Å². The molecule has 1 aromatic carbocycles. The third kappa shape index (κ3) is 2.58. The molecule has 1 unspecified atom stereocenters. The van der Waals surface area contributed by atoms with Gasteiger partial charge in [-0.3, -0.25) is 4.79 Å². The zero-order valence-corrected chi connectivity index (χ0v) is 12.3. The first-order chi connectivity index (χ1) is 9.42. The zero-order chi connectivity index (χ0) is 14.8. The first-order valence-corrected chi connectivity index (χ1v) is 8.31. The standard InChI is InChI=1S/C14H19NO4S/c1-2-14(13(16)17)9-6-10-15(14)20(18,19)11-12-7-4-3-5-8-12/h3-5,7-8H,2,6,9-11H2,1H3,(H,16,17). The molecule has 0 saturated carbocycles. The van der Waals surface area contributed by atoms with Crippen LogP contribution in [0.1, 0.15) is 31.7 Å². The van der Waals surface area contributed by atoms with Crippen molar-refractivity contribution in [2.24, 2.45) is 0 Å². The lowest BCUT2D eigenvalue weighted by atomic mass is 9.95. The molecule has 110 valence electrons. The van der Waals surface area contributed by atoms with Gasteiger partial charge in [-0.1, -0.05) is 37.3 Å². The van der Waals surface area contributed by atoms with Crippen LogP contribution in [0.4, 0.5) is 0 Å². The lowest BCUT2D eigenvalue weighted by Crippen LogP contribution is -2.52. The molecule has 0 radical (unpaired) electrons. The van der Waals surface area contributed by atoms with Crippen molar-refractivity contribution >= 4 is 16.0 Å². The SMILES string of the molecule is CCC1(C(=O)O)CCCN1S(=O)(=O)Cc1ccccc1. The monoisotopic (exact) mass is 297 g/mol. The summed E-state index contributed by atoms with van der Waals surface area (Å²) in [6.07, 6.45) is 1.26. The minimum Gasteiger partial charge on any atom is -0.480 e. The molecule has 1 fully saturated rings. The van der Waals surface area contributed by atoms with Gasteiger partial charge in [-0.25, -0.2) is 8.42 Å². The molecule has 1 aromatic rings. The molecule has 20 heavy (non-hydrogen) atoms. The number of aliphatic carboxylic acids is 1. The van der Waals surface area contributed by atoms with Crippen LogP contribution in [0.15, 0.2) is 30.3 Å². The highest BCUT2D eigenvalue weighted by molar-refractivity contribution is 7.88. The van der Waals surface area contributed by atoms with E-state index in [4.69, 9.17) is 0 Å². The number of sulfonamides is 1. The third-order valence-corrected chi connectivity index (χ3v) is 5.84. The Morgan fingerprint density at radius 2 is 2.00 bits per heavy atom. The number of carboxylic acids is 1. The van der Waals surface area contributed by atoms with E-state index in [9.17, 15) is 18.3 Å². The molecule has 0 spiro atoms. The molecule has 5 nitrogen and oxygen atoms in total. The summed E-state index contributed by atoms with van der Waals surface area (Å²) in [6, 6.07) is 8.85. The molecule has 1 N–H and O–H groups in total. The van der Waals surface area contributed by atoms with Gasteiger partial charge in [-0.05, 0) is 24.8 Å². The summed E-state index contributed by atoms with van der Waals surface area (Å²) < 4.78 is 26.3. The second-order valence-corrected chi connectivity index (χ2v) is 7.00. The average molecular weight is 297 g/mol. The first-order valence-electron chi connectivity index (χ1n) is 6.70. The highest BCUT2D eigenvalue weighted by atomic mass is 32.2. The smallest absolute Gasteiger partial charge is 0.325 e. The Morgan fingerprint density at radius 3 is 2.55 bits per heavy atom. The van der Waals surface area contributed by atoms with Crippen LogP contribution in [0.5, 0.6) is 0 Å². The molecule has 0 aromatic heterocycles. The van der Waals surface area contributed by atoms with E-state index in [2.05, 4.69) is 0 Å². The fourth-order valence-corrected chi connectivity index (χ4v) is 4.85. The number of carboxylic acid groups (broad SMARTS) is 1. The molecule has 0 bridgehead atoms. The topological polar surface area (TPSA) is 74.7 Å². The van der Waals surface area contributed by atoms with Crippen LogP contribution in [0.25, 0.3) is 0 Å². The summed E-state index contributed by atoms with van der Waals surface area (Å²) in [7, 11) is -3.63. The molecule has 1 aliphatic heterocycles. The van der Waals surface area contributed by atoms with Gasteiger partial charge < -0.3 is 5.11 Å². The highest BCUT2D eigenvalue weighted by Crippen LogP contribution is 2.36. The maximum absolute atomic E-state index is 12.5. The van der Waals surface area contributed by atoms with Crippen LogP contribution in [0.3, 0.4) is 0 Å². The van der Waals surface area contributed by atoms with Crippen LogP contribution < -0.4 is 0 Å². The Kier molecular flexibility index (Phi) is 4.15. The van der Waals surface area contributed by atoms with Crippen molar-refractivity contribution in [1.29, 1.82) is 0 Å². The lowest BCUT2D eigenvalue weighted by Gasteiger charge is -2.32. The van der Waals surface area contributed by atoms with Gasteiger partial charge in [-0.15, -0.1) is 0 Å². The summed E-state index contributed by atoms with van der Waals surface area (Å²) in [4.78, 5) is 11.6. The Hall–Kier alpha value is -1.40. The number of carbonyl (C=O) groups is 1. The van der Waals surface area contributed by atoms with Gasteiger partial charge in [0, 0.05) is 6.54 Å². The highest BCUT2D eigenvalue weighted by Gasteiger charge is 2.51. The second kappa shape index (κ2) is 5.54. The van der Waals surface area contributed by atoms with Crippen LogP contribution >= 0.6 is 0 Å². The van der Waals surface area contributed by atoms with Crippen LogP contribution in [-0.2, 0) is 20.6 Å². The van der Waals surface area contributed by atoms with E-state index in [0.29, 0.717) is 18.4 Å². The van der Waals surface area contributed by atoms with Crippen molar-refractivity contribution < 1.29 is 18.3 Å². The van der Waals surface area contributed by atoms with Crippen molar-refractivity contribution in [3.05, 3.63) is 35.9 Å². The summed E-state index contributed by atoms with van der Waals surface area (Å²) in [5.41, 5.74) is -0.594. The maximum atomic E-state index is 12.5. The quantitative estimate of drug-likeness (QED) is 0.900. The van der Waals surface area contributed by atoms with E-state index >= 15 is 0 Å². The van der Waals surface area contributed by atoms with Crippen molar-refractivity contribution in [1.82, 2.24) is 4.31 Å². The van der Waals surface area contributed by atoms with Crippen molar-refractivity contribution in [2.45, 2.75) is 37.5 Å². The van der Waals surface area contributed by atoms with Crippen molar-refractivity contribution in [2.75, 3.05) is 6.54 Å². The van der Waals surface area contributed by atoms with E-state index in [1.807, 2.05) is 6.07 Å². The lowest BCUT2D eigenvalue weighted by molar-refractivity contribution is -0.147. The van der Waals surface area contributed by atoms with E-state index in [-0.39, 0.29) is 18.7 Å². The zero-order valence-electron chi connectivity index (χ0n) is 11.4.